The fourth-order valence-electron chi connectivity index (χ4n) is 3.02. The number of nitrogens with two attached hydrogens (primary N) is 1. The van der Waals surface area contributed by atoms with Crippen molar-refractivity contribution in [1.29, 1.82) is 0 Å². The number of esters is 1. The molecule has 0 saturated heterocycles. The monoisotopic (exact) mass is 285 g/mol. The van der Waals surface area contributed by atoms with Crippen LogP contribution >= 0.6 is 0 Å². The van der Waals surface area contributed by atoms with Crippen LogP contribution in [0.1, 0.15) is 41.3 Å². The van der Waals surface area contributed by atoms with Crippen LogP contribution in [0.5, 0.6) is 0 Å². The smallest absolute Gasteiger partial charge is 0.341 e. The summed E-state index contributed by atoms with van der Waals surface area (Å²) in [6.07, 6.45) is 6.09. The first kappa shape index (κ1) is 13.8. The maximum atomic E-state index is 12.0. The lowest BCUT2D eigenvalue weighted by molar-refractivity contribution is 0.0527. The molecule has 1 heterocycles. The first-order valence-electron chi connectivity index (χ1n) is 7.33. The maximum Gasteiger partial charge on any atom is 0.341 e. The predicted molar refractivity (Wildman–Crippen MR) is 82.2 cm³/mol. The van der Waals surface area contributed by atoms with E-state index in [1.807, 2.05) is 6.07 Å². The van der Waals surface area contributed by atoms with E-state index in [9.17, 15) is 4.79 Å². The van der Waals surface area contributed by atoms with E-state index >= 15 is 0 Å². The van der Waals surface area contributed by atoms with Gasteiger partial charge in [-0.3, -0.25) is 10.8 Å². The molecule has 1 aliphatic carbocycles. The Hall–Kier alpha value is -2.14. The first-order chi connectivity index (χ1) is 10.3. The van der Waals surface area contributed by atoms with Crippen LogP contribution in [0.3, 0.4) is 0 Å². The number of carbonyl (C=O) groups is 1. The van der Waals surface area contributed by atoms with E-state index in [0.717, 1.165) is 23.7 Å². The molecule has 3 rings (SSSR count). The number of hydrogen-bond donors (Lipinski definition) is 2. The Balaban J connectivity index is 2.20. The van der Waals surface area contributed by atoms with Gasteiger partial charge >= 0.3 is 5.97 Å². The molecule has 1 aromatic heterocycles. The van der Waals surface area contributed by atoms with E-state index in [1.165, 1.54) is 24.0 Å². The molecular formula is C16H19N3O2. The van der Waals surface area contributed by atoms with Gasteiger partial charge in [-0.25, -0.2) is 4.79 Å². The summed E-state index contributed by atoms with van der Waals surface area (Å²) in [5.41, 5.74) is 7.19. The van der Waals surface area contributed by atoms with E-state index in [2.05, 4.69) is 16.5 Å². The summed E-state index contributed by atoms with van der Waals surface area (Å²) in [4.78, 5) is 16.5. The minimum absolute atomic E-state index is 0.324. The molecule has 5 heteroatoms. The summed E-state index contributed by atoms with van der Waals surface area (Å²) < 4.78 is 5.06. The SMILES string of the molecule is CCOC(=O)c1cnc2c3c(ccc2c1NN)CCCC3. The van der Waals surface area contributed by atoms with Crippen molar-refractivity contribution >= 4 is 22.6 Å². The van der Waals surface area contributed by atoms with E-state index in [-0.39, 0.29) is 0 Å². The van der Waals surface area contributed by atoms with Crippen molar-refractivity contribution in [2.45, 2.75) is 32.6 Å². The Kier molecular flexibility index (Phi) is 3.75. The molecule has 0 atom stereocenters. The largest absolute Gasteiger partial charge is 0.462 e. The van der Waals surface area contributed by atoms with Crippen LogP contribution in [0, 0.1) is 0 Å². The number of nitrogens with zero attached hydrogens (tertiary/aromatic N) is 1. The summed E-state index contributed by atoms with van der Waals surface area (Å²) in [5.74, 6) is 5.24. The lowest BCUT2D eigenvalue weighted by Gasteiger charge is -2.19. The molecule has 21 heavy (non-hydrogen) atoms. The second-order valence-corrected chi connectivity index (χ2v) is 5.22. The lowest BCUT2D eigenvalue weighted by atomic mass is 9.89. The van der Waals surface area contributed by atoms with Gasteiger partial charge < -0.3 is 10.2 Å². The third kappa shape index (κ3) is 2.34. The summed E-state index contributed by atoms with van der Waals surface area (Å²) in [5, 5.41) is 0.878. The van der Waals surface area contributed by atoms with E-state index in [4.69, 9.17) is 10.6 Å². The minimum atomic E-state index is -0.405. The Morgan fingerprint density at radius 1 is 1.38 bits per heavy atom. The number of rotatable bonds is 3. The molecule has 2 aromatic rings. The summed E-state index contributed by atoms with van der Waals surface area (Å²) in [6.45, 7) is 2.10. The number of pyridine rings is 1. The number of anilines is 1. The highest BCUT2D eigenvalue weighted by atomic mass is 16.5. The zero-order chi connectivity index (χ0) is 14.8. The number of nitrogen functional groups attached to an aromatic ring is 1. The van der Waals surface area contributed by atoms with Crippen LogP contribution < -0.4 is 11.3 Å². The second kappa shape index (κ2) is 5.69. The summed E-state index contributed by atoms with van der Waals surface area (Å²) >= 11 is 0. The third-order valence-corrected chi connectivity index (χ3v) is 4.00. The van der Waals surface area contributed by atoms with Crippen LogP contribution in [0.25, 0.3) is 10.9 Å². The van der Waals surface area contributed by atoms with Crippen molar-refractivity contribution in [2.24, 2.45) is 5.84 Å². The highest BCUT2D eigenvalue weighted by molar-refractivity contribution is 6.05. The number of nitrogens with one attached hydrogen (secondary N) is 1. The van der Waals surface area contributed by atoms with Crippen LogP contribution in [-0.4, -0.2) is 17.6 Å². The van der Waals surface area contributed by atoms with Gasteiger partial charge in [0.2, 0.25) is 0 Å². The Labute approximate surface area is 123 Å². The zero-order valence-electron chi connectivity index (χ0n) is 12.1. The Bertz CT molecular complexity index is 697. The Morgan fingerprint density at radius 2 is 2.19 bits per heavy atom. The van der Waals surface area contributed by atoms with Gasteiger partial charge in [-0.15, -0.1) is 0 Å². The third-order valence-electron chi connectivity index (χ3n) is 4.00. The topological polar surface area (TPSA) is 77.2 Å². The van der Waals surface area contributed by atoms with E-state index < -0.39 is 5.97 Å². The number of ether oxygens (including phenoxy) is 1. The number of aryl methyl sites for hydroxylation is 2. The average Bonchev–Trinajstić information content (AvgIpc) is 2.53. The predicted octanol–water partition coefficient (Wildman–Crippen LogP) is 2.58. The van der Waals surface area contributed by atoms with Crippen LogP contribution in [-0.2, 0) is 17.6 Å². The van der Waals surface area contributed by atoms with Crippen molar-refractivity contribution in [3.05, 3.63) is 35.0 Å². The number of carbonyl (C=O) groups excluding carboxylic acids is 1. The number of hydrogen-bond acceptors (Lipinski definition) is 5. The molecule has 0 spiro atoms. The number of aromatic nitrogens is 1. The fraction of sp³-hybridized carbons (Fsp3) is 0.375. The summed E-state index contributed by atoms with van der Waals surface area (Å²) in [6, 6.07) is 4.11. The molecule has 1 aromatic carbocycles. The number of benzene rings is 1. The molecule has 0 unspecified atom stereocenters. The molecule has 0 saturated carbocycles. The molecule has 0 aliphatic heterocycles. The standard InChI is InChI=1S/C16H19N3O2/c1-2-21-16(20)13-9-18-14-11-6-4-3-5-10(11)7-8-12(14)15(13)19-17/h7-9H,2-6,17H2,1H3,(H,18,19). The Morgan fingerprint density at radius 3 is 2.95 bits per heavy atom. The van der Waals surface area contributed by atoms with Gasteiger partial charge in [0.15, 0.2) is 0 Å². The van der Waals surface area contributed by atoms with E-state index in [1.54, 1.807) is 13.1 Å². The number of fused-ring (bicyclic) bond motifs is 3. The highest BCUT2D eigenvalue weighted by Crippen LogP contribution is 2.33. The van der Waals surface area contributed by atoms with Gasteiger partial charge in [0.1, 0.15) is 5.56 Å². The fourth-order valence-corrected chi connectivity index (χ4v) is 3.02. The molecule has 0 bridgehead atoms. The van der Waals surface area contributed by atoms with Gasteiger partial charge in [0.25, 0.3) is 0 Å². The normalized spacial score (nSPS) is 13.8. The molecule has 1 aliphatic rings. The van der Waals surface area contributed by atoms with Crippen molar-refractivity contribution in [3.8, 4) is 0 Å². The maximum absolute atomic E-state index is 12.0. The van der Waals surface area contributed by atoms with Crippen LogP contribution in [0.4, 0.5) is 5.69 Å². The first-order valence-corrected chi connectivity index (χ1v) is 7.33. The van der Waals surface area contributed by atoms with Crippen molar-refractivity contribution < 1.29 is 9.53 Å². The number of hydrazine groups is 1. The van der Waals surface area contributed by atoms with Gasteiger partial charge in [-0.2, -0.15) is 0 Å². The zero-order valence-corrected chi connectivity index (χ0v) is 12.1. The van der Waals surface area contributed by atoms with Crippen molar-refractivity contribution in [1.82, 2.24) is 4.98 Å². The van der Waals surface area contributed by atoms with Crippen LogP contribution in [0.15, 0.2) is 18.3 Å². The van der Waals surface area contributed by atoms with Gasteiger partial charge in [0.05, 0.1) is 17.8 Å². The second-order valence-electron chi connectivity index (χ2n) is 5.22. The molecule has 0 amide bonds. The average molecular weight is 285 g/mol. The van der Waals surface area contributed by atoms with Gasteiger partial charge in [-0.05, 0) is 43.7 Å². The van der Waals surface area contributed by atoms with E-state index in [0.29, 0.717) is 17.9 Å². The summed E-state index contributed by atoms with van der Waals surface area (Å²) in [7, 11) is 0. The molecular weight excluding hydrogens is 266 g/mol. The highest BCUT2D eigenvalue weighted by Gasteiger charge is 2.19. The molecule has 110 valence electrons. The molecule has 0 radical (unpaired) electrons. The van der Waals surface area contributed by atoms with Crippen molar-refractivity contribution in [2.75, 3.05) is 12.0 Å². The van der Waals surface area contributed by atoms with Crippen molar-refractivity contribution in [3.63, 3.8) is 0 Å². The molecule has 0 fully saturated rings. The lowest BCUT2D eigenvalue weighted by Crippen LogP contribution is -2.15. The molecule has 5 nitrogen and oxygen atoms in total. The van der Waals surface area contributed by atoms with Crippen LogP contribution in [0.2, 0.25) is 0 Å². The quantitative estimate of drug-likeness (QED) is 0.515. The van der Waals surface area contributed by atoms with Gasteiger partial charge in [-0.1, -0.05) is 12.1 Å². The van der Waals surface area contributed by atoms with Gasteiger partial charge in [0, 0.05) is 11.6 Å². The minimum Gasteiger partial charge on any atom is -0.462 e. The molecule has 3 N–H and O–H groups in total.